The number of carbonyl (C=O) groups is 1. The van der Waals surface area contributed by atoms with Crippen LogP contribution < -0.4 is 5.32 Å². The molecule has 1 unspecified atom stereocenters. The van der Waals surface area contributed by atoms with Crippen LogP contribution in [0.15, 0.2) is 59.8 Å². The fraction of sp³-hybridized carbons (Fsp3) is 0.318. The van der Waals surface area contributed by atoms with Gasteiger partial charge in [0.1, 0.15) is 0 Å². The van der Waals surface area contributed by atoms with Crippen molar-refractivity contribution in [1.29, 1.82) is 0 Å². The van der Waals surface area contributed by atoms with E-state index in [1.54, 1.807) is 0 Å². The van der Waals surface area contributed by atoms with Gasteiger partial charge in [-0.15, -0.1) is 10.2 Å². The first-order chi connectivity index (χ1) is 14.1. The van der Waals surface area contributed by atoms with Crippen LogP contribution in [-0.2, 0) is 17.8 Å². The van der Waals surface area contributed by atoms with Crippen molar-refractivity contribution in [3.63, 3.8) is 0 Å². The van der Waals surface area contributed by atoms with Gasteiger partial charge in [0.2, 0.25) is 5.91 Å². The minimum absolute atomic E-state index is 0.00857. The van der Waals surface area contributed by atoms with E-state index in [1.165, 1.54) is 17.3 Å². The zero-order chi connectivity index (χ0) is 20.6. The van der Waals surface area contributed by atoms with Gasteiger partial charge in [-0.25, -0.2) is 0 Å². The topological polar surface area (TPSA) is 59.8 Å². The number of hydrogen-bond acceptors (Lipinski definition) is 4. The summed E-state index contributed by atoms with van der Waals surface area (Å²) in [6, 6.07) is 18.0. The van der Waals surface area contributed by atoms with Crippen LogP contribution >= 0.6 is 23.4 Å². The Morgan fingerprint density at radius 2 is 1.86 bits per heavy atom. The van der Waals surface area contributed by atoms with Crippen molar-refractivity contribution in [1.82, 2.24) is 20.1 Å². The Kier molecular flexibility index (Phi) is 7.72. The average Bonchev–Trinajstić information content (AvgIpc) is 3.15. The maximum atomic E-state index is 12.3. The zero-order valence-corrected chi connectivity index (χ0v) is 18.2. The highest BCUT2D eigenvalue weighted by Crippen LogP contribution is 2.25. The molecule has 29 heavy (non-hydrogen) atoms. The van der Waals surface area contributed by atoms with Crippen LogP contribution in [0.1, 0.15) is 25.8 Å². The summed E-state index contributed by atoms with van der Waals surface area (Å²) in [4.78, 5) is 12.3. The molecule has 1 heterocycles. The molecule has 1 atom stereocenters. The molecule has 152 valence electrons. The van der Waals surface area contributed by atoms with Gasteiger partial charge in [0, 0.05) is 23.2 Å². The van der Waals surface area contributed by atoms with E-state index in [1.807, 2.05) is 60.9 Å². The number of rotatable bonds is 9. The Bertz CT molecular complexity index is 928. The van der Waals surface area contributed by atoms with Crippen molar-refractivity contribution < 1.29 is 4.79 Å². The molecule has 0 fully saturated rings. The van der Waals surface area contributed by atoms with Gasteiger partial charge in [-0.1, -0.05) is 53.7 Å². The normalized spacial score (nSPS) is 12.0. The van der Waals surface area contributed by atoms with Crippen LogP contribution in [-0.4, -0.2) is 32.5 Å². The summed E-state index contributed by atoms with van der Waals surface area (Å²) in [5, 5.41) is 13.1. The molecule has 0 saturated carbocycles. The maximum Gasteiger partial charge on any atom is 0.230 e. The van der Waals surface area contributed by atoms with Crippen molar-refractivity contribution >= 4 is 29.3 Å². The number of aromatic nitrogens is 3. The molecule has 7 heteroatoms. The van der Waals surface area contributed by atoms with E-state index in [4.69, 9.17) is 11.6 Å². The summed E-state index contributed by atoms with van der Waals surface area (Å²) in [5.41, 5.74) is 2.24. The fourth-order valence-corrected chi connectivity index (χ4v) is 3.98. The van der Waals surface area contributed by atoms with Crippen molar-refractivity contribution in [2.45, 2.75) is 44.4 Å². The molecule has 0 bridgehead atoms. The first kappa shape index (κ1) is 21.4. The highest BCUT2D eigenvalue weighted by atomic mass is 35.5. The number of nitrogens with zero attached hydrogens (tertiary/aromatic N) is 3. The third-order valence-corrected chi connectivity index (χ3v) is 5.80. The largest absolute Gasteiger partial charge is 0.353 e. The van der Waals surface area contributed by atoms with Gasteiger partial charge >= 0.3 is 0 Å². The van der Waals surface area contributed by atoms with E-state index in [9.17, 15) is 4.79 Å². The maximum absolute atomic E-state index is 12.3. The lowest BCUT2D eigenvalue weighted by Crippen LogP contribution is -2.34. The van der Waals surface area contributed by atoms with Gasteiger partial charge in [0.05, 0.1) is 5.75 Å². The molecule has 3 aromatic rings. The summed E-state index contributed by atoms with van der Waals surface area (Å²) in [5.74, 6) is 1.10. The summed E-state index contributed by atoms with van der Waals surface area (Å²) < 4.78 is 2.01. The summed E-state index contributed by atoms with van der Waals surface area (Å²) in [6.07, 6.45) is 1.86. The predicted octanol–water partition coefficient (Wildman–Crippen LogP) is 4.85. The second kappa shape index (κ2) is 10.5. The average molecular weight is 429 g/mol. The number of halogens is 1. The second-order valence-electron chi connectivity index (χ2n) is 6.84. The lowest BCUT2D eigenvalue weighted by molar-refractivity contribution is -0.119. The van der Waals surface area contributed by atoms with E-state index in [0.29, 0.717) is 10.8 Å². The molecule has 0 saturated heterocycles. The lowest BCUT2D eigenvalue weighted by atomic mass is 10.1. The van der Waals surface area contributed by atoms with Gasteiger partial charge < -0.3 is 9.88 Å². The predicted molar refractivity (Wildman–Crippen MR) is 119 cm³/mol. The number of thioether (sulfide) groups is 1. The molecule has 0 aliphatic rings. The lowest BCUT2D eigenvalue weighted by Gasteiger charge is -2.14. The van der Waals surface area contributed by atoms with Gasteiger partial charge in [-0.2, -0.15) is 0 Å². The number of amides is 1. The van der Waals surface area contributed by atoms with E-state index in [0.717, 1.165) is 35.9 Å². The van der Waals surface area contributed by atoms with Gasteiger partial charge in [-0.05, 0) is 56.5 Å². The van der Waals surface area contributed by atoms with Crippen LogP contribution in [0, 0.1) is 0 Å². The van der Waals surface area contributed by atoms with E-state index in [-0.39, 0.29) is 11.9 Å². The Morgan fingerprint density at radius 1 is 1.14 bits per heavy atom. The number of nitrogens with one attached hydrogen (secondary N) is 1. The Balaban J connectivity index is 1.52. The van der Waals surface area contributed by atoms with Crippen molar-refractivity contribution in [3.05, 3.63) is 65.2 Å². The molecule has 0 spiro atoms. The van der Waals surface area contributed by atoms with Crippen LogP contribution in [0.25, 0.3) is 11.4 Å². The first-order valence-electron chi connectivity index (χ1n) is 9.72. The summed E-state index contributed by atoms with van der Waals surface area (Å²) >= 11 is 7.38. The first-order valence-corrected chi connectivity index (χ1v) is 11.1. The number of carbonyl (C=O) groups excluding carboxylic acids is 1. The zero-order valence-electron chi connectivity index (χ0n) is 16.6. The molecule has 0 aliphatic carbocycles. The molecule has 5 nitrogen and oxygen atoms in total. The molecule has 1 N–H and O–H groups in total. The van der Waals surface area contributed by atoms with Crippen LogP contribution in [0.2, 0.25) is 5.02 Å². The van der Waals surface area contributed by atoms with Crippen molar-refractivity contribution in [3.8, 4) is 11.4 Å². The molecule has 3 rings (SSSR count). The van der Waals surface area contributed by atoms with Gasteiger partial charge in [0.15, 0.2) is 11.0 Å². The molecule has 1 aromatic heterocycles. The highest BCUT2D eigenvalue weighted by Gasteiger charge is 2.15. The molecule has 0 aliphatic heterocycles. The van der Waals surface area contributed by atoms with E-state index < -0.39 is 0 Å². The van der Waals surface area contributed by atoms with Gasteiger partial charge in [-0.3, -0.25) is 4.79 Å². The molecule has 0 radical (unpaired) electrons. The smallest absolute Gasteiger partial charge is 0.230 e. The monoisotopic (exact) mass is 428 g/mol. The number of aryl methyl sites for hydroxylation is 1. The molecule has 1 amide bonds. The van der Waals surface area contributed by atoms with Crippen LogP contribution in [0.4, 0.5) is 0 Å². The quantitative estimate of drug-likeness (QED) is 0.495. The van der Waals surface area contributed by atoms with Crippen molar-refractivity contribution in [2.75, 3.05) is 5.75 Å². The highest BCUT2D eigenvalue weighted by molar-refractivity contribution is 7.99. The summed E-state index contributed by atoms with van der Waals surface area (Å²) in [7, 11) is 0. The molecule has 2 aromatic carbocycles. The summed E-state index contributed by atoms with van der Waals surface area (Å²) in [6.45, 7) is 4.81. The van der Waals surface area contributed by atoms with Crippen LogP contribution in [0.5, 0.6) is 0 Å². The number of benzene rings is 2. The Morgan fingerprint density at radius 3 is 2.55 bits per heavy atom. The van der Waals surface area contributed by atoms with E-state index >= 15 is 0 Å². The second-order valence-corrected chi connectivity index (χ2v) is 8.22. The molecular formula is C22H25ClN4OS. The third kappa shape index (κ3) is 6.08. The Hall–Kier alpha value is -2.31. The SMILES string of the molecule is CCn1c(SCC(=O)NC(C)CCc2ccccc2)nnc1-c1ccc(Cl)cc1. The molecular weight excluding hydrogens is 404 g/mol. The number of hydrogen-bond donors (Lipinski definition) is 1. The van der Waals surface area contributed by atoms with E-state index in [2.05, 4.69) is 27.6 Å². The van der Waals surface area contributed by atoms with Gasteiger partial charge in [0.25, 0.3) is 0 Å². The third-order valence-electron chi connectivity index (χ3n) is 4.58. The minimum Gasteiger partial charge on any atom is -0.353 e. The van der Waals surface area contributed by atoms with Crippen LogP contribution in [0.3, 0.4) is 0 Å². The minimum atomic E-state index is 0.00857. The fourth-order valence-electron chi connectivity index (χ4n) is 3.04. The van der Waals surface area contributed by atoms with Crippen molar-refractivity contribution in [2.24, 2.45) is 0 Å². The standard InChI is InChI=1S/C22H25ClN4OS/c1-3-27-21(18-11-13-19(23)14-12-18)25-26-22(27)29-15-20(28)24-16(2)9-10-17-7-5-4-6-8-17/h4-8,11-14,16H,3,9-10,15H2,1-2H3,(H,24,28). The Labute approximate surface area is 180 Å².